The average Bonchev–Trinajstić information content (AvgIpc) is 3.00. The zero-order chi connectivity index (χ0) is 21.2. The molecule has 1 amide bonds. The maximum Gasteiger partial charge on any atom is 0.230 e. The van der Waals surface area contributed by atoms with Crippen LogP contribution in [0.25, 0.3) is 0 Å². The van der Waals surface area contributed by atoms with Crippen molar-refractivity contribution in [2.24, 2.45) is 5.92 Å². The third-order valence-electron chi connectivity index (χ3n) is 6.74. The summed E-state index contributed by atoms with van der Waals surface area (Å²) in [6, 6.07) is 10.3. The van der Waals surface area contributed by atoms with Gasteiger partial charge in [-0.3, -0.25) is 4.79 Å². The summed E-state index contributed by atoms with van der Waals surface area (Å²) in [4.78, 5) is 22.6. The molecule has 1 N–H and O–H groups in total. The highest BCUT2D eigenvalue weighted by Crippen LogP contribution is 2.39. The fourth-order valence-corrected chi connectivity index (χ4v) is 4.89. The molecular weight excluding hydrogens is 392 g/mol. The van der Waals surface area contributed by atoms with E-state index in [1.165, 1.54) is 0 Å². The van der Waals surface area contributed by atoms with E-state index in [0.717, 1.165) is 80.4 Å². The Kier molecular flexibility index (Phi) is 5.78. The van der Waals surface area contributed by atoms with Gasteiger partial charge in [0.1, 0.15) is 5.82 Å². The van der Waals surface area contributed by atoms with Crippen LogP contribution in [0.2, 0.25) is 0 Å². The molecule has 1 aromatic carbocycles. The van der Waals surface area contributed by atoms with Gasteiger partial charge in [0.2, 0.25) is 5.91 Å². The predicted octanol–water partition coefficient (Wildman–Crippen LogP) is 3.96. The van der Waals surface area contributed by atoms with Crippen molar-refractivity contribution in [2.45, 2.75) is 38.3 Å². The highest BCUT2D eigenvalue weighted by Gasteiger charge is 2.33. The molecule has 0 unspecified atom stereocenters. The molecule has 0 atom stereocenters. The number of amides is 1. The first kappa shape index (κ1) is 20.3. The minimum atomic E-state index is 0. The molecule has 2 aliphatic heterocycles. The Balaban J connectivity index is 0.00000245. The lowest BCUT2D eigenvalue weighted by Gasteiger charge is -2.33. The summed E-state index contributed by atoms with van der Waals surface area (Å²) < 4.78 is 11.0. The standard InChI is InChI=1S/C24H30N4O3.H2/c1-30-20-7-4-17(5-8-20)24(29)28-16-18-3-2-10-25-23(18)26-21-9-6-19(15-22(21)28)27-11-13-31-14-12-27;/h2-3,6,9-10,15,17,20H,4-5,7-8,11-14,16H2,1H3,(H,25,26);1H. The van der Waals surface area contributed by atoms with Gasteiger partial charge in [-0.05, 0) is 49.9 Å². The van der Waals surface area contributed by atoms with Crippen molar-refractivity contribution in [3.05, 3.63) is 42.1 Å². The fourth-order valence-electron chi connectivity index (χ4n) is 4.89. The van der Waals surface area contributed by atoms with E-state index in [1.807, 2.05) is 17.0 Å². The van der Waals surface area contributed by atoms with Crippen LogP contribution in [0, 0.1) is 5.92 Å². The summed E-state index contributed by atoms with van der Waals surface area (Å²) in [5, 5.41) is 3.47. The van der Waals surface area contributed by atoms with Gasteiger partial charge in [0.15, 0.2) is 0 Å². The van der Waals surface area contributed by atoms with Crippen LogP contribution in [0.4, 0.5) is 22.9 Å². The molecular formula is C24H32N4O3. The molecule has 166 valence electrons. The number of fused-ring (bicyclic) bond motifs is 2. The molecule has 3 aliphatic rings. The lowest BCUT2D eigenvalue weighted by molar-refractivity contribution is -0.124. The van der Waals surface area contributed by atoms with Gasteiger partial charge in [-0.15, -0.1) is 0 Å². The summed E-state index contributed by atoms with van der Waals surface area (Å²) in [6.07, 6.45) is 5.70. The van der Waals surface area contributed by atoms with E-state index in [9.17, 15) is 4.79 Å². The number of carbonyl (C=O) groups is 1. The van der Waals surface area contributed by atoms with Crippen LogP contribution in [0.5, 0.6) is 0 Å². The number of hydrogen-bond donors (Lipinski definition) is 1. The van der Waals surface area contributed by atoms with Crippen LogP contribution in [0.15, 0.2) is 36.5 Å². The van der Waals surface area contributed by atoms with Crippen LogP contribution in [-0.2, 0) is 20.8 Å². The molecule has 7 heteroatoms. The van der Waals surface area contributed by atoms with E-state index in [4.69, 9.17) is 9.47 Å². The van der Waals surface area contributed by atoms with Crippen LogP contribution < -0.4 is 15.1 Å². The SMILES string of the molecule is COC1CCC(C(=O)N2Cc3cccnc3Nc3ccc(N4CCOCC4)cc32)CC1.[HH]. The Labute approximate surface area is 184 Å². The molecule has 3 heterocycles. The second-order valence-corrected chi connectivity index (χ2v) is 8.57. The zero-order valence-corrected chi connectivity index (χ0v) is 18.0. The van der Waals surface area contributed by atoms with Gasteiger partial charge < -0.3 is 24.6 Å². The van der Waals surface area contributed by atoms with Crippen LogP contribution in [0.3, 0.4) is 0 Å². The number of nitrogens with one attached hydrogen (secondary N) is 1. The number of aromatic nitrogens is 1. The Bertz CT molecular complexity index is 943. The highest BCUT2D eigenvalue weighted by atomic mass is 16.5. The number of morpholine rings is 1. The number of nitrogens with zero attached hydrogens (tertiary/aromatic N) is 3. The van der Waals surface area contributed by atoms with Crippen molar-refractivity contribution in [1.82, 2.24) is 4.98 Å². The monoisotopic (exact) mass is 424 g/mol. The Hall–Kier alpha value is -2.64. The Morgan fingerprint density at radius 2 is 2.00 bits per heavy atom. The number of ether oxygens (including phenoxy) is 2. The number of benzene rings is 1. The van der Waals surface area contributed by atoms with Gasteiger partial charge in [-0.25, -0.2) is 4.98 Å². The lowest BCUT2D eigenvalue weighted by atomic mass is 9.86. The first-order valence-electron chi connectivity index (χ1n) is 11.2. The summed E-state index contributed by atoms with van der Waals surface area (Å²) in [6.45, 7) is 3.72. The molecule has 5 rings (SSSR count). The highest BCUT2D eigenvalue weighted by molar-refractivity contribution is 6.00. The van der Waals surface area contributed by atoms with Crippen LogP contribution >= 0.6 is 0 Å². The van der Waals surface area contributed by atoms with Crippen molar-refractivity contribution < 1.29 is 15.7 Å². The van der Waals surface area contributed by atoms with Gasteiger partial charge in [0, 0.05) is 45.0 Å². The first-order chi connectivity index (χ1) is 15.2. The fraction of sp³-hybridized carbons (Fsp3) is 0.500. The lowest BCUT2D eigenvalue weighted by Crippen LogP contribution is -2.39. The molecule has 31 heavy (non-hydrogen) atoms. The number of anilines is 4. The number of pyridine rings is 1. The van der Waals surface area contributed by atoms with Crippen molar-refractivity contribution in [3.63, 3.8) is 0 Å². The minimum Gasteiger partial charge on any atom is -0.381 e. The third kappa shape index (κ3) is 4.12. The molecule has 1 saturated heterocycles. The number of carbonyl (C=O) groups excluding carboxylic acids is 1. The van der Waals surface area contributed by atoms with Crippen molar-refractivity contribution in [1.29, 1.82) is 0 Å². The van der Waals surface area contributed by atoms with Gasteiger partial charge in [0.05, 0.1) is 37.2 Å². The normalized spacial score (nSPS) is 23.4. The predicted molar refractivity (Wildman–Crippen MR) is 123 cm³/mol. The molecule has 2 aromatic rings. The quantitative estimate of drug-likeness (QED) is 0.805. The molecule has 7 nitrogen and oxygen atoms in total. The van der Waals surface area contributed by atoms with Crippen LogP contribution in [-0.4, -0.2) is 50.4 Å². The summed E-state index contributed by atoms with van der Waals surface area (Å²) >= 11 is 0. The van der Waals surface area contributed by atoms with E-state index in [2.05, 4.69) is 33.4 Å². The maximum atomic E-state index is 13.8. The third-order valence-corrected chi connectivity index (χ3v) is 6.74. The Morgan fingerprint density at radius 3 is 2.77 bits per heavy atom. The number of hydrogen-bond acceptors (Lipinski definition) is 6. The number of rotatable bonds is 3. The van der Waals surface area contributed by atoms with Crippen molar-refractivity contribution >= 4 is 28.8 Å². The summed E-state index contributed by atoms with van der Waals surface area (Å²) in [7, 11) is 1.76. The Morgan fingerprint density at radius 1 is 1.19 bits per heavy atom. The van der Waals surface area contributed by atoms with E-state index in [1.54, 1.807) is 13.3 Å². The van der Waals surface area contributed by atoms with E-state index in [-0.39, 0.29) is 19.4 Å². The van der Waals surface area contributed by atoms with Crippen LogP contribution in [0.1, 0.15) is 32.7 Å². The first-order valence-corrected chi connectivity index (χ1v) is 11.2. The molecule has 0 spiro atoms. The van der Waals surface area contributed by atoms with Gasteiger partial charge >= 0.3 is 0 Å². The summed E-state index contributed by atoms with van der Waals surface area (Å²) in [5.74, 6) is 1.05. The van der Waals surface area contributed by atoms with Gasteiger partial charge in [-0.2, -0.15) is 0 Å². The molecule has 2 fully saturated rings. The van der Waals surface area contributed by atoms with E-state index in [0.29, 0.717) is 6.54 Å². The van der Waals surface area contributed by atoms with Gasteiger partial charge in [0.25, 0.3) is 0 Å². The minimum absolute atomic E-state index is 0. The second kappa shape index (κ2) is 8.85. The van der Waals surface area contributed by atoms with E-state index < -0.39 is 0 Å². The second-order valence-electron chi connectivity index (χ2n) is 8.57. The van der Waals surface area contributed by atoms with Crippen molar-refractivity contribution in [2.75, 3.05) is 48.5 Å². The summed E-state index contributed by atoms with van der Waals surface area (Å²) in [5.41, 5.74) is 4.02. The molecule has 1 aromatic heterocycles. The number of methoxy groups -OCH3 is 1. The zero-order valence-electron chi connectivity index (χ0n) is 18.0. The molecule has 1 aliphatic carbocycles. The van der Waals surface area contributed by atoms with Crippen molar-refractivity contribution in [3.8, 4) is 0 Å². The van der Waals surface area contributed by atoms with Gasteiger partial charge in [-0.1, -0.05) is 6.07 Å². The maximum absolute atomic E-state index is 13.8. The topological polar surface area (TPSA) is 66.9 Å². The smallest absolute Gasteiger partial charge is 0.230 e. The van der Waals surface area contributed by atoms with E-state index >= 15 is 0 Å². The largest absolute Gasteiger partial charge is 0.381 e. The average molecular weight is 425 g/mol. The molecule has 0 radical (unpaired) electrons. The molecule has 0 bridgehead atoms. The molecule has 1 saturated carbocycles.